The van der Waals surface area contributed by atoms with Gasteiger partial charge < -0.3 is 10.6 Å². The predicted octanol–water partition coefficient (Wildman–Crippen LogP) is 2.73. The van der Waals surface area contributed by atoms with E-state index < -0.39 is 17.3 Å². The van der Waals surface area contributed by atoms with E-state index in [1.807, 2.05) is 6.92 Å². The van der Waals surface area contributed by atoms with Crippen molar-refractivity contribution < 1.29 is 18.0 Å². The van der Waals surface area contributed by atoms with Crippen molar-refractivity contribution in [3.63, 3.8) is 0 Å². The Morgan fingerprint density at radius 3 is 2.52 bits per heavy atom. The summed E-state index contributed by atoms with van der Waals surface area (Å²) in [7, 11) is 0. The van der Waals surface area contributed by atoms with Gasteiger partial charge in [0, 0.05) is 18.4 Å². The fourth-order valence-corrected chi connectivity index (χ4v) is 3.52. The number of nitrogens with one attached hydrogen (secondary N) is 2. The topological polar surface area (TPSA) is 59.0 Å². The van der Waals surface area contributed by atoms with E-state index >= 15 is 0 Å². The lowest BCUT2D eigenvalue weighted by molar-refractivity contribution is -0.137. The standard InChI is InChI=1S/C19H23F3N4O/c1-14(13-15-3-5-16(6-4-15)19(20,21)22)25-17(27)18(7-10-23-11-8-18)26-12-2-9-24-26/h2-6,9,12,14,23H,7-8,10-11,13H2,1H3,(H,25,27). The van der Waals surface area contributed by atoms with Gasteiger partial charge in [0.2, 0.25) is 5.91 Å². The van der Waals surface area contributed by atoms with Crippen LogP contribution in [0, 0.1) is 0 Å². The van der Waals surface area contributed by atoms with Gasteiger partial charge in [0.15, 0.2) is 0 Å². The molecule has 8 heteroatoms. The molecule has 1 fully saturated rings. The summed E-state index contributed by atoms with van der Waals surface area (Å²) in [5, 5.41) is 10.6. The van der Waals surface area contributed by atoms with E-state index in [0.29, 0.717) is 19.3 Å². The van der Waals surface area contributed by atoms with E-state index in [1.54, 1.807) is 23.1 Å². The van der Waals surface area contributed by atoms with Crippen molar-refractivity contribution in [3.8, 4) is 0 Å². The molecule has 3 rings (SSSR count). The Balaban J connectivity index is 1.67. The molecule has 1 amide bonds. The molecule has 1 unspecified atom stereocenters. The van der Waals surface area contributed by atoms with Crippen LogP contribution >= 0.6 is 0 Å². The summed E-state index contributed by atoms with van der Waals surface area (Å²) in [6, 6.07) is 6.64. The maximum atomic E-state index is 13.1. The van der Waals surface area contributed by atoms with Gasteiger partial charge in [0.25, 0.3) is 0 Å². The zero-order valence-electron chi connectivity index (χ0n) is 15.1. The highest BCUT2D eigenvalue weighted by atomic mass is 19.4. The second kappa shape index (κ2) is 7.72. The van der Waals surface area contributed by atoms with Crippen LogP contribution in [-0.4, -0.2) is 34.8 Å². The molecule has 1 aromatic carbocycles. The number of benzene rings is 1. The number of halogens is 3. The van der Waals surface area contributed by atoms with E-state index in [0.717, 1.165) is 30.8 Å². The van der Waals surface area contributed by atoms with Crippen LogP contribution in [0.1, 0.15) is 30.9 Å². The van der Waals surface area contributed by atoms with Gasteiger partial charge in [0.05, 0.1) is 5.56 Å². The number of piperidine rings is 1. The molecule has 1 aromatic heterocycles. The Bertz CT molecular complexity index is 750. The summed E-state index contributed by atoms with van der Waals surface area (Å²) >= 11 is 0. The lowest BCUT2D eigenvalue weighted by atomic mass is 9.87. The molecule has 0 spiro atoms. The number of nitrogens with zero attached hydrogens (tertiary/aromatic N) is 2. The predicted molar refractivity (Wildman–Crippen MR) is 95.1 cm³/mol. The largest absolute Gasteiger partial charge is 0.416 e. The third-order valence-electron chi connectivity index (χ3n) is 5.00. The van der Waals surface area contributed by atoms with E-state index in [4.69, 9.17) is 0 Å². The molecular formula is C19H23F3N4O. The third kappa shape index (κ3) is 4.32. The molecule has 2 N–H and O–H groups in total. The van der Waals surface area contributed by atoms with E-state index in [2.05, 4.69) is 15.7 Å². The molecular weight excluding hydrogens is 357 g/mol. The summed E-state index contributed by atoms with van der Waals surface area (Å²) in [5.74, 6) is -0.105. The van der Waals surface area contributed by atoms with Gasteiger partial charge in [-0.2, -0.15) is 18.3 Å². The summed E-state index contributed by atoms with van der Waals surface area (Å²) in [6.45, 7) is 3.30. The molecule has 2 heterocycles. The summed E-state index contributed by atoms with van der Waals surface area (Å²) in [5.41, 5.74) is -0.659. The van der Waals surface area contributed by atoms with Crippen LogP contribution in [0.2, 0.25) is 0 Å². The van der Waals surface area contributed by atoms with E-state index in [-0.39, 0.29) is 11.9 Å². The quantitative estimate of drug-likeness (QED) is 0.839. The molecule has 0 saturated carbocycles. The number of hydrogen-bond donors (Lipinski definition) is 2. The van der Waals surface area contributed by atoms with Crippen molar-refractivity contribution in [2.24, 2.45) is 0 Å². The highest BCUT2D eigenvalue weighted by Gasteiger charge is 2.42. The van der Waals surface area contributed by atoms with Crippen molar-refractivity contribution in [2.45, 2.75) is 43.9 Å². The smallest absolute Gasteiger partial charge is 0.351 e. The monoisotopic (exact) mass is 380 g/mol. The van der Waals surface area contributed by atoms with Gasteiger partial charge in [-0.25, -0.2) is 0 Å². The van der Waals surface area contributed by atoms with Gasteiger partial charge >= 0.3 is 6.18 Å². The minimum absolute atomic E-state index is 0.105. The lowest BCUT2D eigenvalue weighted by Crippen LogP contribution is -2.56. The van der Waals surface area contributed by atoms with Gasteiger partial charge in [-0.05, 0) is 63.0 Å². The number of carbonyl (C=O) groups is 1. The van der Waals surface area contributed by atoms with Crippen LogP contribution in [0.3, 0.4) is 0 Å². The van der Waals surface area contributed by atoms with Crippen LogP contribution in [0.4, 0.5) is 13.2 Å². The number of amides is 1. The number of rotatable bonds is 5. The van der Waals surface area contributed by atoms with Crippen LogP contribution < -0.4 is 10.6 Å². The summed E-state index contributed by atoms with van der Waals surface area (Å²) < 4.78 is 39.7. The normalized spacial score (nSPS) is 18.1. The van der Waals surface area contributed by atoms with Gasteiger partial charge in [-0.1, -0.05) is 12.1 Å². The van der Waals surface area contributed by atoms with Crippen LogP contribution in [-0.2, 0) is 22.9 Å². The van der Waals surface area contributed by atoms with Crippen molar-refractivity contribution >= 4 is 5.91 Å². The molecule has 5 nitrogen and oxygen atoms in total. The minimum atomic E-state index is -4.34. The molecule has 146 valence electrons. The zero-order valence-corrected chi connectivity index (χ0v) is 15.1. The molecule has 0 aliphatic carbocycles. The van der Waals surface area contributed by atoms with Crippen LogP contribution in [0.5, 0.6) is 0 Å². The van der Waals surface area contributed by atoms with Crippen LogP contribution in [0.25, 0.3) is 0 Å². The number of hydrogen-bond acceptors (Lipinski definition) is 3. The molecule has 1 saturated heterocycles. The third-order valence-corrected chi connectivity index (χ3v) is 5.00. The molecule has 1 atom stereocenters. The van der Waals surface area contributed by atoms with E-state index in [9.17, 15) is 18.0 Å². The second-order valence-electron chi connectivity index (χ2n) is 7.01. The average Bonchev–Trinajstić information content (AvgIpc) is 3.17. The maximum Gasteiger partial charge on any atom is 0.416 e. The van der Waals surface area contributed by atoms with Crippen LogP contribution in [0.15, 0.2) is 42.7 Å². The number of aromatic nitrogens is 2. The minimum Gasteiger partial charge on any atom is -0.351 e. The number of carbonyl (C=O) groups excluding carboxylic acids is 1. The molecule has 1 aliphatic heterocycles. The van der Waals surface area contributed by atoms with Gasteiger partial charge in [-0.3, -0.25) is 9.48 Å². The summed E-state index contributed by atoms with van der Waals surface area (Å²) in [6.07, 6.45) is 0.829. The SMILES string of the molecule is CC(Cc1ccc(C(F)(F)F)cc1)NC(=O)C1(n2cccn2)CCNCC1. The first-order chi connectivity index (χ1) is 12.8. The molecule has 0 radical (unpaired) electrons. The van der Waals surface area contributed by atoms with Crippen molar-refractivity contribution in [1.29, 1.82) is 0 Å². The van der Waals surface area contributed by atoms with Gasteiger partial charge in [-0.15, -0.1) is 0 Å². The summed E-state index contributed by atoms with van der Waals surface area (Å²) in [4.78, 5) is 13.1. The van der Waals surface area contributed by atoms with Crippen molar-refractivity contribution in [2.75, 3.05) is 13.1 Å². The first-order valence-electron chi connectivity index (χ1n) is 8.99. The fourth-order valence-electron chi connectivity index (χ4n) is 3.52. The Kier molecular flexibility index (Phi) is 5.55. The molecule has 1 aliphatic rings. The zero-order chi connectivity index (χ0) is 19.5. The Labute approximate surface area is 155 Å². The highest BCUT2D eigenvalue weighted by molar-refractivity contribution is 5.84. The molecule has 27 heavy (non-hydrogen) atoms. The first kappa shape index (κ1) is 19.4. The van der Waals surface area contributed by atoms with Gasteiger partial charge in [0.1, 0.15) is 5.54 Å². The van der Waals surface area contributed by atoms with E-state index in [1.165, 1.54) is 12.1 Å². The van der Waals surface area contributed by atoms with Crippen molar-refractivity contribution in [1.82, 2.24) is 20.4 Å². The first-order valence-corrected chi connectivity index (χ1v) is 8.99. The van der Waals surface area contributed by atoms with Crippen molar-refractivity contribution in [3.05, 3.63) is 53.9 Å². The maximum absolute atomic E-state index is 13.1. The Morgan fingerprint density at radius 2 is 1.96 bits per heavy atom. The Hall–Kier alpha value is -2.35. The fraction of sp³-hybridized carbons (Fsp3) is 0.474. The molecule has 2 aromatic rings. The lowest BCUT2D eigenvalue weighted by Gasteiger charge is -2.37. The Morgan fingerprint density at radius 1 is 1.30 bits per heavy atom. The molecule has 0 bridgehead atoms. The second-order valence-corrected chi connectivity index (χ2v) is 7.01. The number of alkyl halides is 3. The highest BCUT2D eigenvalue weighted by Crippen LogP contribution is 2.30. The average molecular weight is 380 g/mol.